The van der Waals surface area contributed by atoms with Crippen LogP contribution in [0.3, 0.4) is 0 Å². The lowest BCUT2D eigenvalue weighted by Crippen LogP contribution is -2.39. The molecule has 1 heterocycles. The molecule has 4 aromatic carbocycles. The Kier molecular flexibility index (Phi) is 7.33. The van der Waals surface area contributed by atoms with E-state index in [9.17, 15) is 9.90 Å². The number of carboxylic acid groups (broad SMARTS) is 1. The molecule has 0 spiro atoms. The van der Waals surface area contributed by atoms with E-state index >= 15 is 0 Å². The van der Waals surface area contributed by atoms with Crippen LogP contribution in [0.15, 0.2) is 108 Å². The fourth-order valence-electron chi connectivity index (χ4n) is 4.31. The Morgan fingerprint density at radius 1 is 0.838 bits per heavy atom. The highest BCUT2D eigenvalue weighted by Crippen LogP contribution is 2.23. The smallest absolute Gasteiger partial charge is 0.374 e. The molecule has 1 aromatic heterocycles. The van der Waals surface area contributed by atoms with Crippen LogP contribution in [0.25, 0.3) is 23.3 Å². The number of oxazole rings is 1. The average molecular weight is 510 g/mol. The lowest BCUT2D eigenvalue weighted by molar-refractivity contribution is -0.666. The van der Waals surface area contributed by atoms with Crippen LogP contribution in [-0.4, -0.2) is 11.1 Å². The van der Waals surface area contributed by atoms with Gasteiger partial charge in [0.1, 0.15) is 0 Å². The number of anilines is 1. The van der Waals surface area contributed by atoms with Gasteiger partial charge in [-0.1, -0.05) is 84.4 Å². The van der Waals surface area contributed by atoms with Crippen molar-refractivity contribution in [1.29, 1.82) is 0 Å². The van der Waals surface area contributed by atoms with Crippen molar-refractivity contribution in [3.8, 4) is 0 Å². The Morgan fingerprint density at radius 2 is 1.46 bits per heavy atom. The molecule has 6 heteroatoms. The van der Waals surface area contributed by atoms with E-state index < -0.39 is 5.97 Å². The summed E-state index contributed by atoms with van der Waals surface area (Å²) in [7, 11) is 0. The van der Waals surface area contributed by atoms with E-state index in [1.54, 1.807) is 28.8 Å². The number of aliphatic carboxylic acids is 1. The third-order valence-electron chi connectivity index (χ3n) is 6.09. The Bertz CT molecular complexity index is 1490. The summed E-state index contributed by atoms with van der Waals surface area (Å²) in [6.45, 7) is 1.36. The number of hydrogen-bond acceptors (Lipinski definition) is 3. The third kappa shape index (κ3) is 6.08. The Morgan fingerprint density at radius 3 is 2.05 bits per heavy atom. The van der Waals surface area contributed by atoms with Crippen LogP contribution < -0.4 is 9.47 Å². The summed E-state index contributed by atoms with van der Waals surface area (Å²) in [5, 5.41) is 9.92. The maximum absolute atomic E-state index is 11.5. The first kappa shape index (κ1) is 24.3. The van der Waals surface area contributed by atoms with Gasteiger partial charge in [-0.05, 0) is 47.0 Å². The highest BCUT2D eigenvalue weighted by Gasteiger charge is 2.23. The van der Waals surface area contributed by atoms with Crippen molar-refractivity contribution in [2.45, 2.75) is 19.6 Å². The summed E-state index contributed by atoms with van der Waals surface area (Å²) in [4.78, 5) is 13.8. The highest BCUT2D eigenvalue weighted by molar-refractivity contribution is 6.31. The molecule has 0 bridgehead atoms. The van der Waals surface area contributed by atoms with Crippen molar-refractivity contribution in [2.24, 2.45) is 0 Å². The molecule has 5 aromatic rings. The van der Waals surface area contributed by atoms with Crippen molar-refractivity contribution >= 4 is 46.5 Å². The van der Waals surface area contributed by atoms with Gasteiger partial charge in [-0.15, -0.1) is 4.57 Å². The van der Waals surface area contributed by atoms with Gasteiger partial charge in [-0.2, -0.15) is 0 Å². The summed E-state index contributed by atoms with van der Waals surface area (Å²) < 4.78 is 7.52. The first-order valence-corrected chi connectivity index (χ1v) is 12.4. The Labute approximate surface area is 220 Å². The van der Waals surface area contributed by atoms with E-state index in [0.717, 1.165) is 24.3 Å². The molecule has 0 atom stereocenters. The van der Waals surface area contributed by atoms with E-state index in [4.69, 9.17) is 16.0 Å². The standard InChI is InChI=1S/C31H25ClN2O3/c32-26-14-17-29-28(19-26)34(22-31(35)36)30(37-29)18-13-23-11-15-27(16-12-23)33(20-24-7-3-1-4-8-24)21-25-9-5-2-6-10-25/h1-19H,20-22H2/p+1. The fourth-order valence-corrected chi connectivity index (χ4v) is 4.47. The van der Waals surface area contributed by atoms with Gasteiger partial charge in [0.05, 0.1) is 6.08 Å². The monoisotopic (exact) mass is 509 g/mol. The SMILES string of the molecule is O=C(O)C[n+]1c(/C=C/c2ccc(N(Cc3ccccc3)Cc3ccccc3)cc2)oc2ccc(Cl)cc21. The highest BCUT2D eigenvalue weighted by atomic mass is 35.5. The van der Waals surface area contributed by atoms with E-state index in [2.05, 4.69) is 77.7 Å². The number of rotatable bonds is 9. The molecule has 0 amide bonds. The first-order valence-electron chi connectivity index (χ1n) is 12.0. The van der Waals surface area contributed by atoms with Crippen LogP contribution in [0.1, 0.15) is 22.6 Å². The maximum atomic E-state index is 11.5. The number of nitrogens with zero attached hydrogens (tertiary/aromatic N) is 2. The second kappa shape index (κ2) is 11.1. The van der Waals surface area contributed by atoms with Gasteiger partial charge in [0.15, 0.2) is 0 Å². The van der Waals surface area contributed by atoms with Gasteiger partial charge in [0.2, 0.25) is 12.1 Å². The number of halogens is 1. The molecule has 0 aliphatic rings. The summed E-state index contributed by atoms with van der Waals surface area (Å²) in [6.07, 6.45) is 3.71. The summed E-state index contributed by atoms with van der Waals surface area (Å²) >= 11 is 6.13. The number of aromatic nitrogens is 1. The number of benzene rings is 4. The van der Waals surface area contributed by atoms with Gasteiger partial charge in [-0.25, -0.2) is 4.79 Å². The molecule has 0 saturated carbocycles. The second-order valence-electron chi connectivity index (χ2n) is 8.78. The minimum Gasteiger partial charge on any atom is -0.477 e. The van der Waals surface area contributed by atoms with Crippen LogP contribution in [0.4, 0.5) is 5.69 Å². The number of fused-ring (bicyclic) bond motifs is 1. The van der Waals surface area contributed by atoms with E-state index in [-0.39, 0.29) is 6.54 Å². The lowest BCUT2D eigenvalue weighted by Gasteiger charge is -2.25. The molecule has 5 rings (SSSR count). The quantitative estimate of drug-likeness (QED) is 0.221. The molecule has 0 radical (unpaired) electrons. The predicted molar refractivity (Wildman–Crippen MR) is 147 cm³/mol. The van der Waals surface area contributed by atoms with Gasteiger partial charge in [0.25, 0.3) is 5.52 Å². The summed E-state index contributed by atoms with van der Waals surface area (Å²) in [6, 6.07) is 34.4. The molecule has 0 fully saturated rings. The molecule has 1 N–H and O–H groups in total. The van der Waals surface area contributed by atoms with Crippen molar-refractivity contribution in [2.75, 3.05) is 4.90 Å². The normalized spacial score (nSPS) is 11.3. The first-order chi connectivity index (χ1) is 18.0. The Balaban J connectivity index is 1.40. The zero-order valence-corrected chi connectivity index (χ0v) is 20.9. The Hall–Kier alpha value is -4.35. The molecule has 184 valence electrons. The molecular weight excluding hydrogens is 484 g/mol. The van der Waals surface area contributed by atoms with Crippen molar-refractivity contribution in [3.63, 3.8) is 0 Å². The van der Waals surface area contributed by atoms with Crippen molar-refractivity contribution < 1.29 is 18.9 Å². The zero-order chi connectivity index (χ0) is 25.6. The predicted octanol–water partition coefficient (Wildman–Crippen LogP) is 6.84. The van der Waals surface area contributed by atoms with Gasteiger partial charge in [-0.3, -0.25) is 0 Å². The molecular formula is C31H26ClN2O3+. The number of carbonyl (C=O) groups is 1. The summed E-state index contributed by atoms with van der Waals surface area (Å²) in [5.41, 5.74) is 5.80. The summed E-state index contributed by atoms with van der Waals surface area (Å²) in [5.74, 6) is -0.512. The topological polar surface area (TPSA) is 57.6 Å². The van der Waals surface area contributed by atoms with E-state index in [1.165, 1.54) is 11.1 Å². The van der Waals surface area contributed by atoms with Crippen LogP contribution in [-0.2, 0) is 24.4 Å². The maximum Gasteiger partial charge on any atom is 0.374 e. The van der Waals surface area contributed by atoms with Crippen LogP contribution in [0.5, 0.6) is 0 Å². The second-order valence-corrected chi connectivity index (χ2v) is 9.22. The zero-order valence-electron chi connectivity index (χ0n) is 20.1. The van der Waals surface area contributed by atoms with Crippen LogP contribution >= 0.6 is 11.6 Å². The third-order valence-corrected chi connectivity index (χ3v) is 6.33. The molecule has 0 aliphatic carbocycles. The van der Waals surface area contributed by atoms with Gasteiger partial charge in [0, 0.05) is 29.9 Å². The fraction of sp³-hybridized carbons (Fsp3) is 0.0968. The van der Waals surface area contributed by atoms with Gasteiger partial charge < -0.3 is 14.4 Å². The molecule has 0 saturated heterocycles. The molecule has 0 aliphatic heterocycles. The molecule has 5 nitrogen and oxygen atoms in total. The number of hydrogen-bond donors (Lipinski definition) is 1. The van der Waals surface area contributed by atoms with E-state index in [0.29, 0.717) is 22.0 Å². The van der Waals surface area contributed by atoms with Crippen LogP contribution in [0.2, 0.25) is 5.02 Å². The lowest BCUT2D eigenvalue weighted by atomic mass is 10.1. The minimum atomic E-state index is -0.955. The number of carboxylic acids is 1. The average Bonchev–Trinajstić information content (AvgIpc) is 3.24. The molecule has 37 heavy (non-hydrogen) atoms. The van der Waals surface area contributed by atoms with E-state index in [1.807, 2.05) is 18.2 Å². The van der Waals surface area contributed by atoms with Gasteiger partial charge >= 0.3 is 11.9 Å². The minimum absolute atomic E-state index is 0.222. The molecule has 0 unspecified atom stereocenters. The van der Waals surface area contributed by atoms with Crippen molar-refractivity contribution in [1.82, 2.24) is 0 Å². The van der Waals surface area contributed by atoms with Crippen LogP contribution in [0, 0.1) is 0 Å². The van der Waals surface area contributed by atoms with Crippen molar-refractivity contribution in [3.05, 3.63) is 131 Å². The largest absolute Gasteiger partial charge is 0.477 e.